The minimum atomic E-state index is -0.604. The van der Waals surface area contributed by atoms with Gasteiger partial charge in [-0.1, -0.05) is 48.7 Å². The van der Waals surface area contributed by atoms with Crippen LogP contribution in [-0.4, -0.2) is 103 Å². The fraction of sp³-hybridized carbons (Fsp3) is 0.550. The first-order valence-corrected chi connectivity index (χ1v) is 20.6. The number of fused-ring (bicyclic) bond motifs is 2. The third-order valence-corrected chi connectivity index (χ3v) is 10.8. The molecule has 5 aromatic rings. The second-order valence-corrected chi connectivity index (χ2v) is 15.1. The molecule has 2 fully saturated rings. The minimum Gasteiger partial charge on any atom is -0.367 e. The molecule has 1 atom stereocenters. The number of aromatic nitrogens is 7. The average Bonchev–Trinajstić information content (AvgIpc) is 3.88. The van der Waals surface area contributed by atoms with E-state index in [1.165, 1.54) is 32.1 Å². The molecule has 0 bridgehead atoms. The van der Waals surface area contributed by atoms with Crippen molar-refractivity contribution in [2.45, 2.75) is 102 Å². The van der Waals surface area contributed by atoms with E-state index in [0.717, 1.165) is 104 Å². The SMILES string of the molecule is NC(CCNN1CCC(Nc2nc(NCc3cn(CCCNCCCNC4CCCCC4)nn3)nc3ccccc23)CC1)C(=O)NCc1nc2ccccc2[nH]1. The first-order chi connectivity index (χ1) is 27.6. The summed E-state index contributed by atoms with van der Waals surface area (Å²) in [4.78, 5) is 30.0. The topological polar surface area (TPSA) is 204 Å². The van der Waals surface area contributed by atoms with Crippen molar-refractivity contribution in [3.8, 4) is 0 Å². The van der Waals surface area contributed by atoms with Crippen LogP contribution in [0.3, 0.4) is 0 Å². The molecule has 3 aromatic heterocycles. The quantitative estimate of drug-likeness (QED) is 0.0506. The van der Waals surface area contributed by atoms with E-state index in [4.69, 9.17) is 15.7 Å². The average molecular weight is 766 g/mol. The zero-order valence-electron chi connectivity index (χ0n) is 32.5. The van der Waals surface area contributed by atoms with Crippen molar-refractivity contribution in [3.05, 3.63) is 66.2 Å². The van der Waals surface area contributed by atoms with Crippen molar-refractivity contribution in [1.29, 1.82) is 0 Å². The molecule has 2 aromatic carbocycles. The first kappa shape index (κ1) is 39.5. The van der Waals surface area contributed by atoms with Gasteiger partial charge in [0.05, 0.1) is 41.9 Å². The van der Waals surface area contributed by atoms with Gasteiger partial charge in [-0.05, 0) is 88.8 Å². The molecule has 1 amide bonds. The molecule has 1 aliphatic carbocycles. The van der Waals surface area contributed by atoms with E-state index in [2.05, 4.69) is 63.4 Å². The zero-order valence-corrected chi connectivity index (χ0v) is 32.5. The van der Waals surface area contributed by atoms with Crippen LogP contribution in [0.1, 0.15) is 75.7 Å². The van der Waals surface area contributed by atoms with Gasteiger partial charge in [0.15, 0.2) is 0 Å². The number of nitrogens with zero attached hydrogens (tertiary/aromatic N) is 7. The summed E-state index contributed by atoms with van der Waals surface area (Å²) in [5.74, 6) is 1.90. The summed E-state index contributed by atoms with van der Waals surface area (Å²) in [5, 5.41) is 29.2. The lowest BCUT2D eigenvalue weighted by Gasteiger charge is -2.33. The number of hydrogen-bond acceptors (Lipinski definition) is 13. The van der Waals surface area contributed by atoms with Gasteiger partial charge >= 0.3 is 0 Å². The predicted octanol–water partition coefficient (Wildman–Crippen LogP) is 3.42. The molecule has 1 saturated heterocycles. The van der Waals surface area contributed by atoms with Gasteiger partial charge < -0.3 is 37.3 Å². The molecule has 300 valence electrons. The van der Waals surface area contributed by atoms with Crippen molar-refractivity contribution in [2.75, 3.05) is 49.9 Å². The number of hydrogen-bond donors (Lipinski definition) is 8. The molecule has 4 heterocycles. The number of nitrogens with two attached hydrogens (primary N) is 1. The van der Waals surface area contributed by atoms with Gasteiger partial charge in [0.25, 0.3) is 0 Å². The van der Waals surface area contributed by atoms with Gasteiger partial charge in [0.1, 0.15) is 17.3 Å². The van der Waals surface area contributed by atoms with Gasteiger partial charge in [-0.15, -0.1) is 5.10 Å². The summed E-state index contributed by atoms with van der Waals surface area (Å²) in [6.45, 7) is 7.07. The molecule has 7 rings (SSSR count). The molecule has 2 aliphatic rings. The monoisotopic (exact) mass is 766 g/mol. The van der Waals surface area contributed by atoms with E-state index in [0.29, 0.717) is 37.8 Å². The fourth-order valence-corrected chi connectivity index (χ4v) is 7.56. The Morgan fingerprint density at radius 2 is 1.66 bits per heavy atom. The number of aromatic amines is 1. The summed E-state index contributed by atoms with van der Waals surface area (Å²) in [7, 11) is 0. The normalized spacial score (nSPS) is 16.4. The summed E-state index contributed by atoms with van der Waals surface area (Å²) in [6, 6.07) is 16.3. The van der Waals surface area contributed by atoms with Gasteiger partial charge in [-0.2, -0.15) is 4.98 Å². The van der Waals surface area contributed by atoms with Crippen LogP contribution in [0.15, 0.2) is 54.7 Å². The smallest absolute Gasteiger partial charge is 0.237 e. The largest absolute Gasteiger partial charge is 0.367 e. The molecular formula is C40H59N15O. The van der Waals surface area contributed by atoms with Crippen LogP contribution in [0, 0.1) is 0 Å². The van der Waals surface area contributed by atoms with Crippen LogP contribution in [0.4, 0.5) is 11.8 Å². The number of rotatable bonds is 21. The lowest BCUT2D eigenvalue weighted by atomic mass is 9.95. The molecule has 0 spiro atoms. The Labute approximate surface area is 328 Å². The van der Waals surface area contributed by atoms with Crippen molar-refractivity contribution in [1.82, 2.24) is 61.3 Å². The number of amides is 1. The second kappa shape index (κ2) is 20.4. The second-order valence-electron chi connectivity index (χ2n) is 15.1. The van der Waals surface area contributed by atoms with Crippen LogP contribution in [0.2, 0.25) is 0 Å². The number of benzene rings is 2. The Bertz CT molecular complexity index is 1920. The summed E-state index contributed by atoms with van der Waals surface area (Å²) >= 11 is 0. The molecule has 1 unspecified atom stereocenters. The van der Waals surface area contributed by atoms with Gasteiger partial charge in [-0.25, -0.2) is 15.0 Å². The Kier molecular flexibility index (Phi) is 14.4. The Hall–Kier alpha value is -4.74. The maximum Gasteiger partial charge on any atom is 0.237 e. The molecule has 1 saturated carbocycles. The number of hydrazine groups is 1. The summed E-state index contributed by atoms with van der Waals surface area (Å²) in [6.07, 6.45) is 13.4. The first-order valence-electron chi connectivity index (χ1n) is 20.6. The molecule has 16 heteroatoms. The maximum absolute atomic E-state index is 12.6. The highest BCUT2D eigenvalue weighted by Crippen LogP contribution is 2.25. The molecule has 9 N–H and O–H groups in total. The van der Waals surface area contributed by atoms with E-state index in [1.54, 1.807) is 0 Å². The molecule has 0 radical (unpaired) electrons. The van der Waals surface area contributed by atoms with Gasteiger partial charge in [-0.3, -0.25) is 14.9 Å². The standard InChI is InChI=1S/C40H59N15O/c41-33(39(56)44-27-37-48-35-14-6-7-15-36(35)49-37)16-22-46-54-24-17-30(18-25-54)47-38-32-12-4-5-13-34(32)50-40(51-38)45-26-31-28-55(53-52-31)23-9-20-42-19-8-21-43-29-10-2-1-3-11-29/h4-7,12-15,28-30,33,42-43,46H,1-3,8-11,16-27,41H2,(H,44,56)(H,48,49)(H2,45,47,50,51). The van der Waals surface area contributed by atoms with E-state index < -0.39 is 6.04 Å². The Morgan fingerprint density at radius 3 is 2.52 bits per heavy atom. The highest BCUT2D eigenvalue weighted by molar-refractivity contribution is 5.90. The number of carbonyl (C=O) groups is 1. The Morgan fingerprint density at radius 1 is 0.857 bits per heavy atom. The van der Waals surface area contributed by atoms with Crippen molar-refractivity contribution >= 4 is 39.6 Å². The minimum absolute atomic E-state index is 0.186. The highest BCUT2D eigenvalue weighted by Gasteiger charge is 2.22. The summed E-state index contributed by atoms with van der Waals surface area (Å²) < 4.78 is 1.91. The van der Waals surface area contributed by atoms with Crippen molar-refractivity contribution in [3.63, 3.8) is 0 Å². The number of H-pyrrole nitrogens is 1. The number of piperidine rings is 1. The van der Waals surface area contributed by atoms with Crippen molar-refractivity contribution in [2.24, 2.45) is 5.73 Å². The van der Waals surface area contributed by atoms with E-state index in [-0.39, 0.29) is 11.9 Å². The number of anilines is 2. The lowest BCUT2D eigenvalue weighted by Crippen LogP contribution is -2.48. The highest BCUT2D eigenvalue weighted by atomic mass is 16.2. The van der Waals surface area contributed by atoms with E-state index >= 15 is 0 Å². The predicted molar refractivity (Wildman–Crippen MR) is 221 cm³/mol. The van der Waals surface area contributed by atoms with Crippen LogP contribution >= 0.6 is 0 Å². The number of para-hydroxylation sites is 3. The van der Waals surface area contributed by atoms with Crippen molar-refractivity contribution < 1.29 is 4.79 Å². The van der Waals surface area contributed by atoms with E-state index in [9.17, 15) is 4.79 Å². The molecule has 56 heavy (non-hydrogen) atoms. The third-order valence-electron chi connectivity index (χ3n) is 10.8. The maximum atomic E-state index is 12.6. The summed E-state index contributed by atoms with van der Waals surface area (Å²) in [5.41, 5.74) is 13.2. The zero-order chi connectivity index (χ0) is 38.4. The van der Waals surface area contributed by atoms with Gasteiger partial charge in [0.2, 0.25) is 11.9 Å². The van der Waals surface area contributed by atoms with Crippen LogP contribution in [-0.2, 0) is 24.4 Å². The van der Waals surface area contributed by atoms with Crippen LogP contribution < -0.4 is 37.7 Å². The Balaban J connectivity index is 0.791. The third kappa shape index (κ3) is 11.6. The molecule has 1 aliphatic heterocycles. The van der Waals surface area contributed by atoms with E-state index in [1.807, 2.05) is 53.3 Å². The lowest BCUT2D eigenvalue weighted by molar-refractivity contribution is -0.122. The van der Waals surface area contributed by atoms with Crippen LogP contribution in [0.25, 0.3) is 21.9 Å². The number of imidazole rings is 1. The van der Waals surface area contributed by atoms with Gasteiger partial charge in [0, 0.05) is 43.6 Å². The fourth-order valence-electron chi connectivity index (χ4n) is 7.56. The number of carbonyl (C=O) groups excluding carboxylic acids is 1. The van der Waals surface area contributed by atoms with Crippen LogP contribution in [0.5, 0.6) is 0 Å². The number of nitrogens with one attached hydrogen (secondary N) is 7. The number of aryl methyl sites for hydroxylation is 1. The molecular weight excluding hydrogens is 707 g/mol. The molecule has 16 nitrogen and oxygen atoms in total.